The van der Waals surface area contributed by atoms with E-state index in [0.717, 1.165) is 28.3 Å². The predicted octanol–water partition coefficient (Wildman–Crippen LogP) is 4.33. The molecule has 0 saturated carbocycles. The summed E-state index contributed by atoms with van der Waals surface area (Å²) < 4.78 is 5.72. The van der Waals surface area contributed by atoms with Gasteiger partial charge in [-0.2, -0.15) is 0 Å². The molecule has 0 saturated heterocycles. The summed E-state index contributed by atoms with van der Waals surface area (Å²) in [5.74, 6) is 0.840. The van der Waals surface area contributed by atoms with Crippen LogP contribution in [0.15, 0.2) is 48.5 Å². The fourth-order valence-electron chi connectivity index (χ4n) is 1.84. The second kappa shape index (κ2) is 6.60. The van der Waals surface area contributed by atoms with Gasteiger partial charge in [0.2, 0.25) is 0 Å². The highest BCUT2D eigenvalue weighted by atomic mass is 35.5. The number of hydrogen-bond donors (Lipinski definition) is 1. The molecule has 2 aromatic carbocycles. The van der Waals surface area contributed by atoms with E-state index in [9.17, 15) is 0 Å². The minimum Gasteiger partial charge on any atom is -0.489 e. The molecule has 0 unspecified atom stereocenters. The van der Waals surface area contributed by atoms with Crippen LogP contribution in [-0.2, 0) is 6.61 Å². The van der Waals surface area contributed by atoms with Gasteiger partial charge in [-0.25, -0.2) is 0 Å². The van der Waals surface area contributed by atoms with Gasteiger partial charge in [0, 0.05) is 11.1 Å². The van der Waals surface area contributed by atoms with E-state index in [0.29, 0.717) is 6.61 Å². The van der Waals surface area contributed by atoms with Gasteiger partial charge in [-0.1, -0.05) is 42.8 Å². The van der Waals surface area contributed by atoms with Gasteiger partial charge in [0.25, 0.3) is 0 Å². The molecule has 0 fully saturated rings. The van der Waals surface area contributed by atoms with Crippen LogP contribution in [0.25, 0.3) is 0 Å². The van der Waals surface area contributed by atoms with E-state index >= 15 is 0 Å². The molecule has 19 heavy (non-hydrogen) atoms. The van der Waals surface area contributed by atoms with Gasteiger partial charge in [-0.3, -0.25) is 0 Å². The lowest BCUT2D eigenvalue weighted by Gasteiger charge is -2.11. The van der Waals surface area contributed by atoms with Crippen LogP contribution in [-0.4, -0.2) is 0 Å². The van der Waals surface area contributed by atoms with Gasteiger partial charge >= 0.3 is 0 Å². The zero-order valence-corrected chi connectivity index (χ0v) is 11.7. The summed E-state index contributed by atoms with van der Waals surface area (Å²) in [6.07, 6.45) is 0.933. The third-order valence-electron chi connectivity index (χ3n) is 3.04. The third kappa shape index (κ3) is 3.98. The number of hydrogen-bond acceptors (Lipinski definition) is 2. The van der Waals surface area contributed by atoms with Crippen LogP contribution in [0.3, 0.4) is 0 Å². The Hall–Kier alpha value is -1.51. The molecule has 0 bridgehead atoms. The second-order valence-corrected chi connectivity index (χ2v) is 4.94. The molecule has 0 aliphatic rings. The first-order chi connectivity index (χ1) is 9.19. The maximum absolute atomic E-state index is 5.97. The van der Waals surface area contributed by atoms with Crippen LogP contribution >= 0.6 is 11.6 Å². The topological polar surface area (TPSA) is 35.2 Å². The lowest BCUT2D eigenvalue weighted by atomic mass is 10.1. The molecule has 1 atom stereocenters. The molecule has 2 nitrogen and oxygen atoms in total. The maximum atomic E-state index is 5.97. The monoisotopic (exact) mass is 275 g/mol. The van der Waals surface area contributed by atoms with Crippen LogP contribution in [0.1, 0.15) is 30.5 Å². The first-order valence-corrected chi connectivity index (χ1v) is 6.79. The first kappa shape index (κ1) is 13.9. The van der Waals surface area contributed by atoms with E-state index in [1.165, 1.54) is 0 Å². The summed E-state index contributed by atoms with van der Waals surface area (Å²) in [5.41, 5.74) is 8.16. The van der Waals surface area contributed by atoms with E-state index in [1.807, 2.05) is 48.5 Å². The van der Waals surface area contributed by atoms with Gasteiger partial charge in [0.1, 0.15) is 12.4 Å². The Balaban J connectivity index is 1.96. The molecule has 2 N–H and O–H groups in total. The van der Waals surface area contributed by atoms with Crippen molar-refractivity contribution in [2.24, 2.45) is 5.73 Å². The van der Waals surface area contributed by atoms with E-state index in [1.54, 1.807) is 0 Å². The van der Waals surface area contributed by atoms with Crippen molar-refractivity contribution >= 4 is 11.6 Å². The molecule has 2 rings (SSSR count). The van der Waals surface area contributed by atoms with Crippen LogP contribution in [0.2, 0.25) is 5.02 Å². The Morgan fingerprint density at radius 3 is 2.53 bits per heavy atom. The first-order valence-electron chi connectivity index (χ1n) is 6.42. The average molecular weight is 276 g/mol. The normalized spacial score (nSPS) is 12.2. The fourth-order valence-corrected chi connectivity index (χ4v) is 2.05. The van der Waals surface area contributed by atoms with Crippen LogP contribution in [0, 0.1) is 0 Å². The van der Waals surface area contributed by atoms with Crippen molar-refractivity contribution in [3.8, 4) is 5.75 Å². The number of ether oxygens (including phenoxy) is 1. The van der Waals surface area contributed by atoms with Crippen LogP contribution in [0.5, 0.6) is 5.75 Å². The molecule has 2 aromatic rings. The van der Waals surface area contributed by atoms with Crippen molar-refractivity contribution in [3.63, 3.8) is 0 Å². The molecule has 3 heteroatoms. The Labute approximate surface area is 119 Å². The molecule has 0 heterocycles. The van der Waals surface area contributed by atoms with Crippen molar-refractivity contribution in [3.05, 3.63) is 64.7 Å². The Bertz CT molecular complexity index is 525. The van der Waals surface area contributed by atoms with Crippen molar-refractivity contribution in [2.45, 2.75) is 26.0 Å². The quantitative estimate of drug-likeness (QED) is 0.881. The van der Waals surface area contributed by atoms with Crippen LogP contribution in [0.4, 0.5) is 0 Å². The van der Waals surface area contributed by atoms with Gasteiger partial charge < -0.3 is 10.5 Å². The van der Waals surface area contributed by atoms with Gasteiger partial charge in [-0.15, -0.1) is 0 Å². The van der Waals surface area contributed by atoms with Gasteiger partial charge in [-0.05, 0) is 41.8 Å². The van der Waals surface area contributed by atoms with E-state index in [2.05, 4.69) is 6.92 Å². The lowest BCUT2D eigenvalue weighted by Crippen LogP contribution is -2.08. The molecular formula is C16H18ClNO. The van der Waals surface area contributed by atoms with Crippen molar-refractivity contribution in [2.75, 3.05) is 0 Å². The summed E-state index contributed by atoms with van der Waals surface area (Å²) in [7, 11) is 0. The molecule has 0 aromatic heterocycles. The van der Waals surface area contributed by atoms with Crippen LogP contribution < -0.4 is 10.5 Å². The molecule has 0 aliphatic carbocycles. The molecule has 0 spiro atoms. The summed E-state index contributed by atoms with van der Waals surface area (Å²) in [6.45, 7) is 2.59. The number of halogens is 1. The maximum Gasteiger partial charge on any atom is 0.119 e. The van der Waals surface area contributed by atoms with E-state index in [-0.39, 0.29) is 6.04 Å². The van der Waals surface area contributed by atoms with Crippen molar-refractivity contribution < 1.29 is 4.74 Å². The summed E-state index contributed by atoms with van der Waals surface area (Å²) in [4.78, 5) is 0. The van der Waals surface area contributed by atoms with Gasteiger partial charge in [0.05, 0.1) is 0 Å². The van der Waals surface area contributed by atoms with Gasteiger partial charge in [0.15, 0.2) is 0 Å². The highest BCUT2D eigenvalue weighted by molar-refractivity contribution is 6.30. The number of benzene rings is 2. The van der Waals surface area contributed by atoms with E-state index < -0.39 is 0 Å². The molecule has 0 radical (unpaired) electrons. The third-order valence-corrected chi connectivity index (χ3v) is 3.28. The summed E-state index contributed by atoms with van der Waals surface area (Å²) in [5, 5.41) is 0.727. The highest BCUT2D eigenvalue weighted by Crippen LogP contribution is 2.19. The Morgan fingerprint density at radius 1 is 1.16 bits per heavy atom. The highest BCUT2D eigenvalue weighted by Gasteiger charge is 2.03. The van der Waals surface area contributed by atoms with Crippen molar-refractivity contribution in [1.82, 2.24) is 0 Å². The summed E-state index contributed by atoms with van der Waals surface area (Å²) in [6, 6.07) is 15.7. The number of nitrogens with two attached hydrogens (primary N) is 1. The molecule has 100 valence electrons. The molecule has 0 amide bonds. The standard InChI is InChI=1S/C16H18ClNO/c1-2-16(18)13-6-8-15(9-7-13)19-11-12-4-3-5-14(17)10-12/h3-10,16H,2,11,18H2,1H3/t16-/m0/s1. The predicted molar refractivity (Wildman–Crippen MR) is 79.4 cm³/mol. The minimum absolute atomic E-state index is 0.0991. The number of rotatable bonds is 5. The SMILES string of the molecule is CC[C@H](N)c1ccc(OCc2cccc(Cl)c2)cc1. The lowest BCUT2D eigenvalue weighted by molar-refractivity contribution is 0.306. The van der Waals surface area contributed by atoms with E-state index in [4.69, 9.17) is 22.1 Å². The zero-order chi connectivity index (χ0) is 13.7. The largest absolute Gasteiger partial charge is 0.489 e. The summed E-state index contributed by atoms with van der Waals surface area (Å²) >= 11 is 5.93. The fraction of sp³-hybridized carbons (Fsp3) is 0.250. The smallest absolute Gasteiger partial charge is 0.119 e. The Morgan fingerprint density at radius 2 is 1.89 bits per heavy atom. The zero-order valence-electron chi connectivity index (χ0n) is 11.0. The van der Waals surface area contributed by atoms with Crippen molar-refractivity contribution in [1.29, 1.82) is 0 Å². The minimum atomic E-state index is 0.0991. The Kier molecular flexibility index (Phi) is 4.83. The molecule has 0 aliphatic heterocycles. The average Bonchev–Trinajstić information content (AvgIpc) is 2.45. The second-order valence-electron chi connectivity index (χ2n) is 4.50. The molecular weight excluding hydrogens is 258 g/mol.